The number of hydrazine groups is 1. The van der Waals surface area contributed by atoms with Gasteiger partial charge in [-0.1, -0.05) is 0 Å². The number of hydrogen-bond acceptors (Lipinski definition) is 4. The van der Waals surface area contributed by atoms with Gasteiger partial charge in [0.1, 0.15) is 5.82 Å². The van der Waals surface area contributed by atoms with E-state index in [2.05, 4.69) is 10.4 Å². The summed E-state index contributed by atoms with van der Waals surface area (Å²) >= 11 is 0. The molecule has 0 saturated carbocycles. The number of alkyl halides is 3. The van der Waals surface area contributed by atoms with Crippen molar-refractivity contribution in [2.75, 3.05) is 5.43 Å². The molecule has 3 rings (SSSR count). The average molecular weight is 311 g/mol. The summed E-state index contributed by atoms with van der Waals surface area (Å²) in [4.78, 5) is 27.9. The number of nitrogens with zero attached hydrogens (tertiary/aromatic N) is 2. The molecular weight excluding hydrogens is 299 g/mol. The minimum atomic E-state index is -4.48. The Morgan fingerprint density at radius 3 is 2.09 bits per heavy atom. The van der Waals surface area contributed by atoms with Gasteiger partial charge in [-0.05, 0) is 37.8 Å². The van der Waals surface area contributed by atoms with Crippen LogP contribution in [0.5, 0.6) is 0 Å². The summed E-state index contributed by atoms with van der Waals surface area (Å²) in [5, 5.41) is 0.825. The van der Waals surface area contributed by atoms with Crippen molar-refractivity contribution in [3.63, 3.8) is 0 Å². The average Bonchev–Trinajstić information content (AvgIpc) is 2.73. The van der Waals surface area contributed by atoms with Gasteiger partial charge >= 0.3 is 6.18 Å². The molecule has 1 N–H and O–H groups in total. The normalized spacial score (nSPS) is 18.8. The highest BCUT2D eigenvalue weighted by Gasteiger charge is 2.39. The molecule has 8 heteroatoms. The van der Waals surface area contributed by atoms with E-state index in [-0.39, 0.29) is 5.82 Å². The van der Waals surface area contributed by atoms with Crippen LogP contribution in [0.4, 0.5) is 19.0 Å². The van der Waals surface area contributed by atoms with E-state index in [9.17, 15) is 22.8 Å². The highest BCUT2D eigenvalue weighted by Crippen LogP contribution is 2.33. The Labute approximate surface area is 123 Å². The lowest BCUT2D eigenvalue weighted by atomic mass is 9.93. The van der Waals surface area contributed by atoms with Crippen molar-refractivity contribution in [3.05, 3.63) is 35.0 Å². The smallest absolute Gasteiger partial charge is 0.271 e. The predicted octanol–water partition coefficient (Wildman–Crippen LogP) is 2.67. The molecule has 2 aliphatic rings. The van der Waals surface area contributed by atoms with E-state index in [0.29, 0.717) is 30.2 Å². The van der Waals surface area contributed by atoms with Gasteiger partial charge in [0.25, 0.3) is 11.8 Å². The summed E-state index contributed by atoms with van der Waals surface area (Å²) in [5.74, 6) is -0.877. The van der Waals surface area contributed by atoms with E-state index in [0.717, 1.165) is 30.0 Å². The molecular formula is C14H12F3N3O2. The van der Waals surface area contributed by atoms with Crippen LogP contribution in [0.1, 0.15) is 31.2 Å². The fourth-order valence-corrected chi connectivity index (χ4v) is 2.58. The maximum absolute atomic E-state index is 12.5. The van der Waals surface area contributed by atoms with Gasteiger partial charge in [-0.15, -0.1) is 0 Å². The Bertz CT molecular complexity index is 637. The molecule has 0 bridgehead atoms. The molecule has 0 unspecified atom stereocenters. The van der Waals surface area contributed by atoms with Gasteiger partial charge in [-0.2, -0.15) is 18.2 Å². The molecule has 0 radical (unpaired) electrons. The summed E-state index contributed by atoms with van der Waals surface area (Å²) in [6.45, 7) is 0. The van der Waals surface area contributed by atoms with E-state index in [1.807, 2.05) is 0 Å². The van der Waals surface area contributed by atoms with Crippen LogP contribution in [-0.2, 0) is 15.8 Å². The Kier molecular flexibility index (Phi) is 3.38. The molecule has 1 aromatic rings. The van der Waals surface area contributed by atoms with Crippen molar-refractivity contribution >= 4 is 17.6 Å². The van der Waals surface area contributed by atoms with Gasteiger partial charge < -0.3 is 0 Å². The van der Waals surface area contributed by atoms with Crippen molar-refractivity contribution in [1.29, 1.82) is 0 Å². The van der Waals surface area contributed by atoms with Crippen molar-refractivity contribution in [3.8, 4) is 0 Å². The first-order chi connectivity index (χ1) is 10.4. The summed E-state index contributed by atoms with van der Waals surface area (Å²) in [6, 6.07) is 1.92. The first kappa shape index (κ1) is 14.6. The number of amides is 2. The van der Waals surface area contributed by atoms with E-state index in [1.165, 1.54) is 0 Å². The maximum atomic E-state index is 12.5. The molecule has 1 aliphatic heterocycles. The zero-order valence-corrected chi connectivity index (χ0v) is 11.4. The van der Waals surface area contributed by atoms with Crippen LogP contribution in [0.3, 0.4) is 0 Å². The molecule has 116 valence electrons. The van der Waals surface area contributed by atoms with E-state index in [1.54, 1.807) is 0 Å². The lowest BCUT2D eigenvalue weighted by Gasteiger charge is -2.17. The second-order valence-corrected chi connectivity index (χ2v) is 5.15. The molecule has 0 spiro atoms. The quantitative estimate of drug-likeness (QED) is 0.853. The highest BCUT2D eigenvalue weighted by molar-refractivity contribution is 6.20. The van der Waals surface area contributed by atoms with Gasteiger partial charge in [-0.3, -0.25) is 15.0 Å². The molecule has 0 atom stereocenters. The highest BCUT2D eigenvalue weighted by atomic mass is 19.4. The fraction of sp³-hybridized carbons (Fsp3) is 0.357. The Morgan fingerprint density at radius 2 is 1.64 bits per heavy atom. The van der Waals surface area contributed by atoms with Crippen molar-refractivity contribution < 1.29 is 22.8 Å². The number of pyridine rings is 1. The van der Waals surface area contributed by atoms with E-state index < -0.39 is 23.6 Å². The van der Waals surface area contributed by atoms with Gasteiger partial charge in [0.05, 0.1) is 5.56 Å². The molecule has 2 heterocycles. The van der Waals surface area contributed by atoms with Crippen LogP contribution in [0.25, 0.3) is 0 Å². The monoisotopic (exact) mass is 311 g/mol. The second kappa shape index (κ2) is 5.11. The number of aromatic nitrogens is 1. The van der Waals surface area contributed by atoms with Crippen LogP contribution < -0.4 is 5.43 Å². The van der Waals surface area contributed by atoms with Gasteiger partial charge in [0.15, 0.2) is 0 Å². The lowest BCUT2D eigenvalue weighted by molar-refractivity contribution is -0.138. The number of halogens is 3. The number of carbonyl (C=O) groups excluding carboxylic acids is 2. The fourth-order valence-electron chi connectivity index (χ4n) is 2.58. The second-order valence-electron chi connectivity index (χ2n) is 5.15. The molecule has 2 amide bonds. The van der Waals surface area contributed by atoms with Gasteiger partial charge in [0, 0.05) is 17.3 Å². The van der Waals surface area contributed by atoms with Crippen molar-refractivity contribution in [1.82, 2.24) is 9.99 Å². The number of nitrogens with one attached hydrogen (secondary N) is 1. The summed E-state index contributed by atoms with van der Waals surface area (Å²) < 4.78 is 37.4. The van der Waals surface area contributed by atoms with Crippen LogP contribution in [-0.4, -0.2) is 21.8 Å². The Hall–Kier alpha value is -2.38. The molecule has 0 saturated heterocycles. The summed E-state index contributed by atoms with van der Waals surface area (Å²) in [5.41, 5.74) is 2.59. The number of carbonyl (C=O) groups is 2. The van der Waals surface area contributed by atoms with Crippen LogP contribution in [0.15, 0.2) is 29.5 Å². The number of hydrogen-bond donors (Lipinski definition) is 1. The van der Waals surface area contributed by atoms with Crippen LogP contribution >= 0.6 is 0 Å². The summed E-state index contributed by atoms with van der Waals surface area (Å²) in [6.07, 6.45) is -1.02. The molecule has 1 aliphatic carbocycles. The third-order valence-electron chi connectivity index (χ3n) is 3.71. The number of imide groups is 1. The van der Waals surface area contributed by atoms with Crippen LogP contribution in [0, 0.1) is 0 Å². The molecule has 0 aromatic carbocycles. The lowest BCUT2D eigenvalue weighted by Crippen LogP contribution is -2.37. The first-order valence-electron chi connectivity index (χ1n) is 6.78. The Morgan fingerprint density at radius 1 is 1.05 bits per heavy atom. The minimum absolute atomic E-state index is 0.00884. The van der Waals surface area contributed by atoms with Gasteiger partial charge in [0.2, 0.25) is 0 Å². The largest absolute Gasteiger partial charge is 0.417 e. The summed E-state index contributed by atoms with van der Waals surface area (Å²) in [7, 11) is 0. The predicted molar refractivity (Wildman–Crippen MR) is 70.2 cm³/mol. The standard InChI is InChI=1S/C14H12F3N3O2/c15-14(16,17)8-5-6-11(18-7-8)19-20-12(21)9-3-1-2-4-10(9)13(20)22/h5-7H,1-4H2,(H,18,19). The maximum Gasteiger partial charge on any atom is 0.417 e. The minimum Gasteiger partial charge on any atom is -0.271 e. The van der Waals surface area contributed by atoms with Crippen molar-refractivity contribution in [2.45, 2.75) is 31.9 Å². The molecule has 5 nitrogen and oxygen atoms in total. The van der Waals surface area contributed by atoms with E-state index in [4.69, 9.17) is 0 Å². The molecule has 1 aromatic heterocycles. The zero-order valence-electron chi connectivity index (χ0n) is 11.4. The SMILES string of the molecule is O=C1C2=C(CCCC2)C(=O)N1Nc1ccc(C(F)(F)F)cn1. The molecule has 0 fully saturated rings. The third-order valence-corrected chi connectivity index (χ3v) is 3.71. The third kappa shape index (κ3) is 2.44. The van der Waals surface area contributed by atoms with Crippen LogP contribution in [0.2, 0.25) is 0 Å². The Balaban J connectivity index is 1.77. The van der Waals surface area contributed by atoms with Crippen molar-refractivity contribution in [2.24, 2.45) is 0 Å². The first-order valence-corrected chi connectivity index (χ1v) is 6.78. The number of rotatable bonds is 2. The topological polar surface area (TPSA) is 62.3 Å². The number of anilines is 1. The zero-order chi connectivity index (χ0) is 15.9. The molecule has 22 heavy (non-hydrogen) atoms. The van der Waals surface area contributed by atoms with Gasteiger partial charge in [-0.25, -0.2) is 4.98 Å². The van der Waals surface area contributed by atoms with E-state index >= 15 is 0 Å².